The summed E-state index contributed by atoms with van der Waals surface area (Å²) in [5.41, 5.74) is 2.51. The van der Waals surface area contributed by atoms with Gasteiger partial charge in [0.25, 0.3) is 11.8 Å². The second-order valence-electron chi connectivity index (χ2n) is 7.50. The van der Waals surface area contributed by atoms with Gasteiger partial charge in [-0.25, -0.2) is 0 Å². The molecule has 2 atom stereocenters. The Balaban J connectivity index is 1.68. The van der Waals surface area contributed by atoms with Crippen LogP contribution in [-0.4, -0.2) is 45.3 Å². The zero-order chi connectivity index (χ0) is 22.3. The number of hydrogen-bond acceptors (Lipinski definition) is 4. The van der Waals surface area contributed by atoms with Crippen LogP contribution >= 0.6 is 31.9 Å². The molecule has 2 heterocycles. The summed E-state index contributed by atoms with van der Waals surface area (Å²) < 4.78 is 1.75. The first-order chi connectivity index (χ1) is 14.9. The summed E-state index contributed by atoms with van der Waals surface area (Å²) in [5, 5.41) is 9.41. The normalized spacial score (nSPS) is 18.3. The van der Waals surface area contributed by atoms with E-state index in [-0.39, 0.29) is 18.6 Å². The highest BCUT2D eigenvalue weighted by Gasteiger charge is 2.43. The summed E-state index contributed by atoms with van der Waals surface area (Å²) in [6, 6.07) is 9.12. The van der Waals surface area contributed by atoms with E-state index in [2.05, 4.69) is 31.9 Å². The molecule has 3 amide bonds. The molecule has 8 heteroatoms. The molecule has 31 heavy (non-hydrogen) atoms. The SMILES string of the molecule is C[C@@H](C(=O)N1C=Cc2c(Br)ccc(Br)c2[C@H]1CCCO)N1C(=O)c2ccccc2C1=O. The van der Waals surface area contributed by atoms with Crippen molar-refractivity contribution in [2.24, 2.45) is 0 Å². The topological polar surface area (TPSA) is 77.9 Å². The number of benzene rings is 2. The lowest BCUT2D eigenvalue weighted by Crippen LogP contribution is -2.49. The van der Waals surface area contributed by atoms with Crippen LogP contribution in [0.25, 0.3) is 6.08 Å². The molecule has 0 spiro atoms. The molecular weight excluding hydrogens is 528 g/mol. The highest BCUT2D eigenvalue weighted by atomic mass is 79.9. The number of aliphatic hydroxyl groups excluding tert-OH is 1. The standard InChI is InChI=1S/C23H20Br2N2O4/c1-13(27-22(30)14-5-2-3-6-15(14)23(27)31)21(29)26-11-10-16-17(24)8-9-18(25)20(16)19(26)7-4-12-28/h2-3,5-6,8-11,13,19,28H,4,7,12H2,1H3/t13-,19+/m0/s1. The lowest BCUT2D eigenvalue weighted by Gasteiger charge is -2.37. The van der Waals surface area contributed by atoms with Crippen molar-refractivity contribution in [3.8, 4) is 0 Å². The van der Waals surface area contributed by atoms with Crippen molar-refractivity contribution < 1.29 is 19.5 Å². The van der Waals surface area contributed by atoms with Gasteiger partial charge < -0.3 is 10.0 Å². The van der Waals surface area contributed by atoms with Gasteiger partial charge in [0.05, 0.1) is 17.2 Å². The van der Waals surface area contributed by atoms with Gasteiger partial charge in [0.2, 0.25) is 5.91 Å². The Morgan fingerprint density at radius 3 is 2.29 bits per heavy atom. The van der Waals surface area contributed by atoms with E-state index in [1.54, 1.807) is 42.3 Å². The van der Waals surface area contributed by atoms with Gasteiger partial charge >= 0.3 is 0 Å². The Bertz CT molecular complexity index is 1080. The molecule has 0 unspecified atom stereocenters. The Morgan fingerprint density at radius 2 is 1.68 bits per heavy atom. The molecule has 2 aliphatic rings. The van der Waals surface area contributed by atoms with Crippen molar-refractivity contribution in [2.45, 2.75) is 31.8 Å². The van der Waals surface area contributed by atoms with Crippen LogP contribution in [0.4, 0.5) is 0 Å². The van der Waals surface area contributed by atoms with E-state index in [0.717, 1.165) is 25.0 Å². The van der Waals surface area contributed by atoms with Gasteiger partial charge in [0.1, 0.15) is 6.04 Å². The number of amides is 3. The minimum atomic E-state index is -0.971. The molecule has 0 aromatic heterocycles. The van der Waals surface area contributed by atoms with Gasteiger partial charge in [-0.3, -0.25) is 19.3 Å². The number of fused-ring (bicyclic) bond motifs is 2. The Hall–Kier alpha value is -2.29. The zero-order valence-corrected chi connectivity index (χ0v) is 19.9. The average molecular weight is 548 g/mol. The van der Waals surface area contributed by atoms with E-state index in [4.69, 9.17) is 0 Å². The summed E-state index contributed by atoms with van der Waals surface area (Å²) >= 11 is 7.15. The maximum atomic E-state index is 13.5. The predicted molar refractivity (Wildman–Crippen MR) is 123 cm³/mol. The van der Waals surface area contributed by atoms with Gasteiger partial charge in [0, 0.05) is 21.8 Å². The third-order valence-electron chi connectivity index (χ3n) is 5.71. The molecule has 1 N–H and O–H groups in total. The first kappa shape index (κ1) is 21.9. The first-order valence-corrected chi connectivity index (χ1v) is 11.5. The number of carbonyl (C=O) groups excluding carboxylic acids is 3. The molecule has 160 valence electrons. The van der Waals surface area contributed by atoms with Crippen LogP contribution in [0.2, 0.25) is 0 Å². The molecule has 0 aliphatic carbocycles. The Labute approximate surface area is 196 Å². The summed E-state index contributed by atoms with van der Waals surface area (Å²) in [4.78, 5) is 41.9. The fraction of sp³-hybridized carbons (Fsp3) is 0.261. The number of imide groups is 1. The maximum absolute atomic E-state index is 13.5. The van der Waals surface area contributed by atoms with Crippen molar-refractivity contribution >= 4 is 55.7 Å². The quantitative estimate of drug-likeness (QED) is 0.558. The van der Waals surface area contributed by atoms with Crippen LogP contribution in [0.5, 0.6) is 0 Å². The smallest absolute Gasteiger partial charge is 0.262 e. The molecule has 0 radical (unpaired) electrons. The van der Waals surface area contributed by atoms with Gasteiger partial charge in [0.15, 0.2) is 0 Å². The fourth-order valence-corrected chi connectivity index (χ4v) is 5.26. The lowest BCUT2D eigenvalue weighted by molar-refractivity contribution is -0.134. The van der Waals surface area contributed by atoms with Gasteiger partial charge in [-0.2, -0.15) is 0 Å². The Kier molecular flexibility index (Phi) is 6.14. The number of nitrogens with zero attached hydrogens (tertiary/aromatic N) is 2. The number of halogens is 2. The van der Waals surface area contributed by atoms with Gasteiger partial charge in [-0.05, 0) is 61.2 Å². The highest BCUT2D eigenvalue weighted by Crippen LogP contribution is 2.42. The number of carbonyl (C=O) groups is 3. The van der Waals surface area contributed by atoms with Crippen molar-refractivity contribution in [2.75, 3.05) is 6.61 Å². The van der Waals surface area contributed by atoms with E-state index >= 15 is 0 Å². The van der Waals surface area contributed by atoms with Crippen LogP contribution in [0, 0.1) is 0 Å². The molecule has 0 saturated carbocycles. The van der Waals surface area contributed by atoms with Crippen molar-refractivity contribution in [3.05, 3.63) is 73.8 Å². The van der Waals surface area contributed by atoms with Crippen LogP contribution in [-0.2, 0) is 4.79 Å². The summed E-state index contributed by atoms with van der Waals surface area (Å²) in [5.74, 6) is -1.27. The summed E-state index contributed by atoms with van der Waals surface area (Å²) in [6.07, 6.45) is 4.57. The molecule has 2 aromatic rings. The Morgan fingerprint density at radius 1 is 1.06 bits per heavy atom. The molecule has 0 fully saturated rings. The molecule has 4 rings (SSSR count). The van der Waals surface area contributed by atoms with Crippen molar-refractivity contribution in [3.63, 3.8) is 0 Å². The van der Waals surface area contributed by atoms with E-state index in [1.165, 1.54) is 0 Å². The maximum Gasteiger partial charge on any atom is 0.262 e. The summed E-state index contributed by atoms with van der Waals surface area (Å²) in [7, 11) is 0. The highest BCUT2D eigenvalue weighted by molar-refractivity contribution is 9.11. The minimum absolute atomic E-state index is 0.00282. The van der Waals surface area contributed by atoms with Crippen molar-refractivity contribution in [1.82, 2.24) is 9.80 Å². The predicted octanol–water partition coefficient (Wildman–Crippen LogP) is 4.52. The second kappa shape index (κ2) is 8.68. The molecule has 6 nitrogen and oxygen atoms in total. The van der Waals surface area contributed by atoms with E-state index < -0.39 is 17.9 Å². The lowest BCUT2D eigenvalue weighted by atomic mass is 9.92. The van der Waals surface area contributed by atoms with E-state index in [9.17, 15) is 19.5 Å². The van der Waals surface area contributed by atoms with E-state index in [0.29, 0.717) is 24.0 Å². The summed E-state index contributed by atoms with van der Waals surface area (Å²) in [6.45, 7) is 1.57. The first-order valence-electron chi connectivity index (χ1n) is 9.92. The third-order valence-corrected chi connectivity index (χ3v) is 7.09. The van der Waals surface area contributed by atoms with Crippen LogP contribution in [0.1, 0.15) is 57.7 Å². The molecular formula is C23H20Br2N2O4. The van der Waals surface area contributed by atoms with E-state index in [1.807, 2.05) is 18.2 Å². The average Bonchev–Trinajstić information content (AvgIpc) is 3.03. The van der Waals surface area contributed by atoms with Crippen molar-refractivity contribution in [1.29, 1.82) is 0 Å². The van der Waals surface area contributed by atoms with Gasteiger partial charge in [-0.1, -0.05) is 44.0 Å². The third kappa shape index (κ3) is 3.66. The van der Waals surface area contributed by atoms with Gasteiger partial charge in [-0.15, -0.1) is 0 Å². The van der Waals surface area contributed by atoms with Crippen LogP contribution in [0.3, 0.4) is 0 Å². The number of hydrogen-bond donors (Lipinski definition) is 1. The molecule has 0 saturated heterocycles. The number of aliphatic hydroxyl groups is 1. The molecule has 2 aromatic carbocycles. The van der Waals surface area contributed by atoms with Crippen LogP contribution in [0.15, 0.2) is 51.5 Å². The second-order valence-corrected chi connectivity index (χ2v) is 9.21. The fourth-order valence-electron chi connectivity index (χ4n) is 4.17. The molecule has 2 aliphatic heterocycles. The monoisotopic (exact) mass is 546 g/mol. The number of rotatable bonds is 5. The minimum Gasteiger partial charge on any atom is -0.396 e. The zero-order valence-electron chi connectivity index (χ0n) is 16.7. The molecule has 0 bridgehead atoms. The van der Waals surface area contributed by atoms with Crippen LogP contribution < -0.4 is 0 Å². The largest absolute Gasteiger partial charge is 0.396 e.